The molecule has 0 amide bonds. The predicted octanol–water partition coefficient (Wildman–Crippen LogP) is 5.11. The molecular formula is C48H61B3Br3Cl2F6NaO20S. The summed E-state index contributed by atoms with van der Waals surface area (Å²) >= 11 is 8.80. The summed E-state index contributed by atoms with van der Waals surface area (Å²) in [6.07, 6.45) is 0. The van der Waals surface area contributed by atoms with E-state index in [0.717, 1.165) is 71.9 Å². The van der Waals surface area contributed by atoms with Crippen molar-refractivity contribution in [2.24, 2.45) is 0 Å². The molecule has 36 heteroatoms. The van der Waals surface area contributed by atoms with Crippen LogP contribution < -0.4 is 49.6 Å². The molecule has 6 rings (SSSR count). The van der Waals surface area contributed by atoms with E-state index in [9.17, 15) is 45.5 Å². The van der Waals surface area contributed by atoms with Crippen LogP contribution in [0.3, 0.4) is 0 Å². The number of rotatable bonds is 8. The molecule has 4 aromatic carbocycles. The number of aliphatic hydroxyl groups is 2. The summed E-state index contributed by atoms with van der Waals surface area (Å²) in [5.41, 5.74) is -3.73. The number of carbonyl (C=O) groups excluding carboxylic acids is 3. The van der Waals surface area contributed by atoms with Crippen molar-refractivity contribution in [2.45, 2.75) is 77.8 Å². The van der Waals surface area contributed by atoms with E-state index in [-0.39, 0.29) is 89.0 Å². The molecule has 0 radical (unpaired) electrons. The topological polar surface area (TPSA) is 293 Å². The molecule has 4 aromatic rings. The van der Waals surface area contributed by atoms with E-state index in [4.69, 9.17) is 62.8 Å². The summed E-state index contributed by atoms with van der Waals surface area (Å²) in [7, 11) is 13.3. The molecule has 466 valence electrons. The second kappa shape index (κ2) is 41.2. The zero-order valence-corrected chi connectivity index (χ0v) is 57.4. The van der Waals surface area contributed by atoms with Crippen LogP contribution in [0.4, 0.5) is 26.3 Å². The van der Waals surface area contributed by atoms with Crippen LogP contribution >= 0.6 is 69.2 Å². The number of aromatic carboxylic acids is 1. The SMILES string of the molecule is CC1(C)OB(B2OC(C)(C)C(C)(C)O2)OC1(C)C.CO.CO.COC(=O)c1c(F)cc(B(O)O)cc1OC.COC(=O)c1c(F)cc(Br)cc1F.COC(=O)c1c(F)cc(Br)cc1OC.C[O-].O=C(O)c1c(F)cc(Br)cc1F.O=S(Cl)Cl.[Na+]. The Hall–Kier alpha value is -3.06. The standard InChI is InChI=1S/C12H24B2O4.C9H10BFO5.C9H8BrFO3.C8H5BrF2O2.C7H3BrF2O2.2CH4O.CH3O.Cl2OS.Na/c1-9(2)10(3,4)16-13(15-9)14-17-11(5,6)12(7,8)18-14;1-15-7-4-5(10(13)14)3-6(11)8(7)9(12)16-2;1-13-7-4-5(10)3-6(11)8(7)9(12)14-2;1-13-8(12)7-5(10)2-4(9)3-6(7)11;8-3-1-4(9)6(7(11)12)5(10)2-3;3*1-2;1-4(2)3;/h1-8H3;3-4,13-14H,1-2H3;3-4H,1-2H3;2-3H,1H3;1-2H,(H,11,12);2*2H,1H3;1H3;;/q;;;;;;;-1;;+1. The molecule has 2 saturated heterocycles. The van der Waals surface area contributed by atoms with Gasteiger partial charge in [-0.15, -0.1) is 0 Å². The summed E-state index contributed by atoms with van der Waals surface area (Å²) in [6.45, 7) is 16.2. The smallest absolute Gasteiger partial charge is 0.857 e. The minimum Gasteiger partial charge on any atom is -0.857 e. The Labute approximate surface area is 541 Å². The van der Waals surface area contributed by atoms with Crippen LogP contribution in [0.1, 0.15) is 96.8 Å². The van der Waals surface area contributed by atoms with Gasteiger partial charge in [0.05, 0.1) is 58.0 Å². The minimum absolute atomic E-state index is 0. The molecule has 0 spiro atoms. The van der Waals surface area contributed by atoms with Crippen LogP contribution in [0.25, 0.3) is 0 Å². The van der Waals surface area contributed by atoms with E-state index in [0.29, 0.717) is 4.47 Å². The van der Waals surface area contributed by atoms with E-state index in [1.165, 1.54) is 33.5 Å². The maximum Gasteiger partial charge on any atom is 1.00 e. The molecule has 0 bridgehead atoms. The molecule has 0 saturated carbocycles. The van der Waals surface area contributed by atoms with Gasteiger partial charge in [-0.3, -0.25) is 0 Å². The largest absolute Gasteiger partial charge is 1.00 e. The molecule has 5 N–H and O–H groups in total. The number of methoxy groups -OCH3 is 5. The van der Waals surface area contributed by atoms with Crippen molar-refractivity contribution in [3.8, 4) is 11.5 Å². The first-order valence-electron chi connectivity index (χ1n) is 22.6. The third-order valence-corrected chi connectivity index (χ3v) is 12.4. The van der Waals surface area contributed by atoms with Crippen molar-refractivity contribution in [2.75, 3.05) is 56.9 Å². The van der Waals surface area contributed by atoms with Crippen molar-refractivity contribution < 1.29 is 152 Å². The van der Waals surface area contributed by atoms with Crippen LogP contribution in [0, 0.1) is 34.9 Å². The molecular weight excluding hydrogens is 1410 g/mol. The maximum absolute atomic E-state index is 13.5. The second-order valence-corrected chi connectivity index (χ2v) is 22.4. The molecule has 84 heavy (non-hydrogen) atoms. The average Bonchev–Trinajstić information content (AvgIpc) is 3.82. The Morgan fingerprint density at radius 1 is 0.512 bits per heavy atom. The monoisotopic (exact) mass is 1470 g/mol. The Bertz CT molecular complexity index is 2670. The van der Waals surface area contributed by atoms with Crippen molar-refractivity contribution in [1.29, 1.82) is 0 Å². The number of esters is 3. The number of carboxylic acids is 1. The first kappa shape index (κ1) is 87.4. The molecule has 0 aromatic heterocycles. The van der Waals surface area contributed by atoms with Gasteiger partial charge in [0, 0.05) is 49.0 Å². The van der Waals surface area contributed by atoms with E-state index in [2.05, 4.69) is 83.4 Å². The third kappa shape index (κ3) is 27.1. The Balaban J connectivity index is -0.000000459. The number of hydrogen-bond acceptors (Lipinski definition) is 19. The summed E-state index contributed by atoms with van der Waals surface area (Å²) in [6, 6.07) is 8.44. The normalized spacial score (nSPS) is 13.9. The van der Waals surface area contributed by atoms with Crippen LogP contribution in [0.2, 0.25) is 0 Å². The fourth-order valence-electron chi connectivity index (χ4n) is 5.81. The molecule has 2 heterocycles. The van der Waals surface area contributed by atoms with Crippen LogP contribution in [-0.2, 0) is 42.1 Å². The summed E-state index contributed by atoms with van der Waals surface area (Å²) in [5.74, 6) is -9.95. The van der Waals surface area contributed by atoms with E-state index in [1.54, 1.807) is 0 Å². The zero-order chi connectivity index (χ0) is 65.9. The van der Waals surface area contributed by atoms with Gasteiger partial charge in [-0.2, -0.15) is 7.11 Å². The van der Waals surface area contributed by atoms with Crippen molar-refractivity contribution in [1.82, 2.24) is 0 Å². The molecule has 2 aliphatic heterocycles. The summed E-state index contributed by atoms with van der Waals surface area (Å²) < 4.78 is 135. The Morgan fingerprint density at radius 2 is 0.738 bits per heavy atom. The summed E-state index contributed by atoms with van der Waals surface area (Å²) in [4.78, 5) is 43.5. The first-order chi connectivity index (χ1) is 38.3. The molecule has 20 nitrogen and oxygen atoms in total. The first-order valence-corrected chi connectivity index (χ1v) is 27.8. The van der Waals surface area contributed by atoms with E-state index >= 15 is 0 Å². The fourth-order valence-corrected chi connectivity index (χ4v) is 7.02. The molecule has 0 unspecified atom stereocenters. The van der Waals surface area contributed by atoms with Gasteiger partial charge in [0.25, 0.3) is 0 Å². The predicted molar refractivity (Wildman–Crippen MR) is 307 cm³/mol. The summed E-state index contributed by atoms with van der Waals surface area (Å²) in [5, 5.41) is 48.3. The number of aliphatic hydroxyl groups excluding tert-OH is 2. The van der Waals surface area contributed by atoms with Crippen molar-refractivity contribution >= 4 is 129 Å². The second-order valence-electron chi connectivity index (χ2n) is 17.1. The van der Waals surface area contributed by atoms with Gasteiger partial charge in [0.2, 0.25) is 9.23 Å². The Kier molecular flexibility index (Phi) is 42.9. The maximum atomic E-state index is 13.5. The minimum atomic E-state index is -1.84. The van der Waals surface area contributed by atoms with Crippen molar-refractivity contribution in [3.63, 3.8) is 0 Å². The number of halogens is 11. The van der Waals surface area contributed by atoms with Gasteiger partial charge in [0.15, 0.2) is 0 Å². The number of carboxylic acid groups (broad SMARTS) is 1. The van der Waals surface area contributed by atoms with Crippen LogP contribution in [-0.4, -0.2) is 154 Å². The third-order valence-electron chi connectivity index (χ3n) is 11.0. The van der Waals surface area contributed by atoms with Crippen molar-refractivity contribution in [3.05, 3.63) is 119 Å². The van der Waals surface area contributed by atoms with Crippen LogP contribution in [0.15, 0.2) is 61.9 Å². The number of benzene rings is 4. The Morgan fingerprint density at radius 3 is 0.988 bits per heavy atom. The average molecular weight is 1470 g/mol. The molecule has 0 aliphatic carbocycles. The zero-order valence-electron chi connectivity index (χ0n) is 48.3. The van der Waals surface area contributed by atoms with E-state index < -0.39 is 100 Å². The van der Waals surface area contributed by atoms with Gasteiger partial charge in [0.1, 0.15) is 68.7 Å². The number of hydrogen-bond donors (Lipinski definition) is 5. The van der Waals surface area contributed by atoms with Gasteiger partial charge < -0.3 is 72.8 Å². The number of ether oxygens (including phenoxy) is 5. The van der Waals surface area contributed by atoms with Gasteiger partial charge >= 0.3 is 74.6 Å². The number of carbonyl (C=O) groups is 4. The quantitative estimate of drug-likeness (QED) is 0.0503. The van der Waals surface area contributed by atoms with Gasteiger partial charge in [-0.05, 0) is 109 Å². The molecule has 2 aliphatic rings. The molecule has 0 atom stereocenters. The fraction of sp³-hybridized carbons (Fsp3) is 0.417. The van der Waals surface area contributed by atoms with E-state index in [1.807, 2.05) is 55.4 Å². The molecule has 2 fully saturated rings. The van der Waals surface area contributed by atoms with Gasteiger partial charge in [-0.1, -0.05) is 47.8 Å². The van der Waals surface area contributed by atoms with Gasteiger partial charge in [-0.25, -0.2) is 49.7 Å². The van der Waals surface area contributed by atoms with Crippen LogP contribution in [0.5, 0.6) is 11.5 Å².